The number of nitrogens with one attached hydrogen (secondary N) is 1. The lowest BCUT2D eigenvalue weighted by atomic mass is 9.94. The molecule has 3 amide bonds. The SMILES string of the molecule is CCNC(=O)N1CCN(C(C)C(=O)N(C)C2CCCCC2)CC1. The van der Waals surface area contributed by atoms with Crippen molar-refractivity contribution in [2.75, 3.05) is 39.8 Å². The van der Waals surface area contributed by atoms with E-state index in [9.17, 15) is 9.59 Å². The first-order chi connectivity index (χ1) is 11.0. The largest absolute Gasteiger partial charge is 0.341 e. The van der Waals surface area contributed by atoms with Crippen LogP contribution in [0, 0.1) is 0 Å². The number of rotatable bonds is 4. The van der Waals surface area contributed by atoms with E-state index in [0.29, 0.717) is 25.7 Å². The lowest BCUT2D eigenvalue weighted by molar-refractivity contribution is -0.138. The van der Waals surface area contributed by atoms with Crippen LogP contribution in [0.4, 0.5) is 4.79 Å². The molecule has 6 heteroatoms. The smallest absolute Gasteiger partial charge is 0.317 e. The van der Waals surface area contributed by atoms with E-state index in [1.54, 1.807) is 0 Å². The molecular weight excluding hydrogens is 292 g/mol. The maximum atomic E-state index is 12.8. The van der Waals surface area contributed by atoms with Gasteiger partial charge in [0, 0.05) is 45.8 Å². The number of piperazine rings is 1. The summed E-state index contributed by atoms with van der Waals surface area (Å²) in [6.07, 6.45) is 6.06. The molecule has 0 bridgehead atoms. The summed E-state index contributed by atoms with van der Waals surface area (Å²) in [6, 6.07) is 0.319. The van der Waals surface area contributed by atoms with Gasteiger partial charge in [0.15, 0.2) is 0 Å². The molecule has 0 aromatic carbocycles. The van der Waals surface area contributed by atoms with Gasteiger partial charge in [-0.15, -0.1) is 0 Å². The number of hydrogen-bond acceptors (Lipinski definition) is 3. The highest BCUT2D eigenvalue weighted by Gasteiger charge is 2.31. The first-order valence-electron chi connectivity index (χ1n) is 9.08. The van der Waals surface area contributed by atoms with Gasteiger partial charge in [0.25, 0.3) is 0 Å². The average molecular weight is 324 g/mol. The van der Waals surface area contributed by atoms with Crippen LogP contribution in [0.15, 0.2) is 0 Å². The highest BCUT2D eigenvalue weighted by atomic mass is 16.2. The normalized spacial score (nSPS) is 21.8. The molecule has 2 rings (SSSR count). The van der Waals surface area contributed by atoms with Crippen LogP contribution in [-0.4, -0.2) is 78.5 Å². The number of nitrogens with zero attached hydrogens (tertiary/aromatic N) is 3. The fraction of sp³-hybridized carbons (Fsp3) is 0.882. The van der Waals surface area contributed by atoms with E-state index < -0.39 is 0 Å². The summed E-state index contributed by atoms with van der Waals surface area (Å²) in [4.78, 5) is 30.6. The zero-order valence-electron chi connectivity index (χ0n) is 14.9. The zero-order chi connectivity index (χ0) is 16.8. The molecule has 6 nitrogen and oxygen atoms in total. The fourth-order valence-corrected chi connectivity index (χ4v) is 3.67. The van der Waals surface area contributed by atoms with Crippen molar-refractivity contribution in [3.63, 3.8) is 0 Å². The quantitative estimate of drug-likeness (QED) is 0.853. The van der Waals surface area contributed by atoms with E-state index in [-0.39, 0.29) is 18.0 Å². The minimum Gasteiger partial charge on any atom is -0.341 e. The minimum atomic E-state index is -0.0988. The number of carbonyl (C=O) groups excluding carboxylic acids is 2. The summed E-state index contributed by atoms with van der Waals surface area (Å²) < 4.78 is 0. The standard InChI is InChI=1S/C17H32N4O2/c1-4-18-17(23)21-12-10-20(11-13-21)14(2)16(22)19(3)15-8-6-5-7-9-15/h14-15H,4-13H2,1-3H3,(H,18,23). The van der Waals surface area contributed by atoms with Gasteiger partial charge >= 0.3 is 6.03 Å². The van der Waals surface area contributed by atoms with Gasteiger partial charge < -0.3 is 15.1 Å². The highest BCUT2D eigenvalue weighted by molar-refractivity contribution is 5.81. The summed E-state index contributed by atoms with van der Waals surface area (Å²) in [5.41, 5.74) is 0. The molecular formula is C17H32N4O2. The van der Waals surface area contributed by atoms with E-state index in [1.165, 1.54) is 19.3 Å². The van der Waals surface area contributed by atoms with Crippen LogP contribution in [0.5, 0.6) is 0 Å². The zero-order valence-corrected chi connectivity index (χ0v) is 14.9. The Labute approximate surface area is 140 Å². The van der Waals surface area contributed by atoms with Crippen LogP contribution in [0.2, 0.25) is 0 Å². The monoisotopic (exact) mass is 324 g/mol. The molecule has 0 spiro atoms. The molecule has 0 radical (unpaired) electrons. The average Bonchev–Trinajstić information content (AvgIpc) is 2.61. The van der Waals surface area contributed by atoms with Crippen LogP contribution in [-0.2, 0) is 4.79 Å². The Morgan fingerprint density at radius 1 is 1.13 bits per heavy atom. The Morgan fingerprint density at radius 2 is 1.74 bits per heavy atom. The number of likely N-dealkylation sites (N-methyl/N-ethyl adjacent to an activating group) is 1. The predicted octanol–water partition coefficient (Wildman–Crippen LogP) is 1.51. The summed E-state index contributed by atoms with van der Waals surface area (Å²) in [5.74, 6) is 0.225. The van der Waals surface area contributed by atoms with Gasteiger partial charge in [-0.25, -0.2) is 4.79 Å². The molecule has 1 N–H and O–H groups in total. The van der Waals surface area contributed by atoms with Gasteiger partial charge in [0.2, 0.25) is 5.91 Å². The van der Waals surface area contributed by atoms with Crippen molar-refractivity contribution < 1.29 is 9.59 Å². The first-order valence-corrected chi connectivity index (χ1v) is 9.08. The van der Waals surface area contributed by atoms with Gasteiger partial charge in [-0.05, 0) is 26.7 Å². The minimum absolute atomic E-state index is 0.00505. The molecule has 2 fully saturated rings. The molecule has 1 atom stereocenters. The number of carbonyl (C=O) groups is 2. The Morgan fingerprint density at radius 3 is 2.30 bits per heavy atom. The number of hydrogen-bond donors (Lipinski definition) is 1. The van der Waals surface area contributed by atoms with E-state index in [2.05, 4.69) is 10.2 Å². The summed E-state index contributed by atoms with van der Waals surface area (Å²) in [7, 11) is 1.96. The Hall–Kier alpha value is -1.30. The van der Waals surface area contributed by atoms with Gasteiger partial charge in [0.1, 0.15) is 0 Å². The molecule has 0 aromatic heterocycles. The van der Waals surface area contributed by atoms with Gasteiger partial charge in [-0.2, -0.15) is 0 Å². The summed E-state index contributed by atoms with van der Waals surface area (Å²) in [6.45, 7) is 7.50. The third-order valence-corrected chi connectivity index (χ3v) is 5.30. The molecule has 2 aliphatic rings. The van der Waals surface area contributed by atoms with Crippen LogP contribution in [0.1, 0.15) is 46.0 Å². The van der Waals surface area contributed by atoms with Gasteiger partial charge in [0.05, 0.1) is 6.04 Å². The second-order valence-electron chi connectivity index (χ2n) is 6.78. The van der Waals surface area contributed by atoms with Crippen molar-refractivity contribution >= 4 is 11.9 Å². The molecule has 1 saturated carbocycles. The molecule has 132 valence electrons. The molecule has 1 unspecified atom stereocenters. The first kappa shape index (κ1) is 18.0. The van der Waals surface area contributed by atoms with Crippen LogP contribution in [0.25, 0.3) is 0 Å². The number of urea groups is 1. The topological polar surface area (TPSA) is 55.9 Å². The van der Waals surface area contributed by atoms with Crippen molar-refractivity contribution in [2.24, 2.45) is 0 Å². The van der Waals surface area contributed by atoms with Crippen molar-refractivity contribution in [2.45, 2.75) is 58.0 Å². The maximum absolute atomic E-state index is 12.8. The van der Waals surface area contributed by atoms with E-state index in [4.69, 9.17) is 0 Å². The lowest BCUT2D eigenvalue weighted by Crippen LogP contribution is -2.57. The third-order valence-electron chi connectivity index (χ3n) is 5.30. The Bertz CT molecular complexity index is 401. The maximum Gasteiger partial charge on any atom is 0.317 e. The van der Waals surface area contributed by atoms with Crippen LogP contribution < -0.4 is 5.32 Å². The molecule has 23 heavy (non-hydrogen) atoms. The third kappa shape index (κ3) is 4.59. The van der Waals surface area contributed by atoms with Crippen molar-refractivity contribution in [1.82, 2.24) is 20.0 Å². The van der Waals surface area contributed by atoms with Crippen molar-refractivity contribution in [1.29, 1.82) is 0 Å². The molecule has 1 aliphatic heterocycles. The second kappa shape index (κ2) is 8.52. The Kier molecular flexibility index (Phi) is 6.69. The highest BCUT2D eigenvalue weighted by Crippen LogP contribution is 2.22. The Balaban J connectivity index is 1.82. The van der Waals surface area contributed by atoms with E-state index in [1.807, 2.05) is 30.7 Å². The van der Waals surface area contributed by atoms with Crippen molar-refractivity contribution in [3.8, 4) is 0 Å². The lowest BCUT2D eigenvalue weighted by Gasteiger charge is -2.40. The molecule has 0 aromatic rings. The van der Waals surface area contributed by atoms with Crippen LogP contribution in [0.3, 0.4) is 0 Å². The molecule has 1 aliphatic carbocycles. The summed E-state index contributed by atoms with van der Waals surface area (Å²) >= 11 is 0. The number of amides is 3. The van der Waals surface area contributed by atoms with Crippen molar-refractivity contribution in [3.05, 3.63) is 0 Å². The van der Waals surface area contributed by atoms with Gasteiger partial charge in [-0.3, -0.25) is 9.69 Å². The van der Waals surface area contributed by atoms with Gasteiger partial charge in [-0.1, -0.05) is 19.3 Å². The predicted molar refractivity (Wildman–Crippen MR) is 91.3 cm³/mol. The van der Waals surface area contributed by atoms with E-state index >= 15 is 0 Å². The second-order valence-corrected chi connectivity index (χ2v) is 6.78. The van der Waals surface area contributed by atoms with Crippen LogP contribution >= 0.6 is 0 Å². The fourth-order valence-electron chi connectivity index (χ4n) is 3.67. The molecule has 1 saturated heterocycles. The van der Waals surface area contributed by atoms with E-state index in [0.717, 1.165) is 25.9 Å². The summed E-state index contributed by atoms with van der Waals surface area (Å²) in [5, 5.41) is 2.84. The molecule has 1 heterocycles.